The molecule has 0 fully saturated rings. The van der Waals surface area contributed by atoms with Crippen molar-refractivity contribution in [3.05, 3.63) is 41.3 Å². The van der Waals surface area contributed by atoms with Crippen LogP contribution in [0.15, 0.2) is 33.7 Å². The van der Waals surface area contributed by atoms with E-state index in [1.165, 1.54) is 12.5 Å². The Hall–Kier alpha value is -2.39. The minimum atomic E-state index is -3.76. The molecule has 1 amide bonds. The number of sulfonamides is 1. The highest BCUT2D eigenvalue weighted by Crippen LogP contribution is 2.24. The molecule has 1 aromatic heterocycles. The summed E-state index contributed by atoms with van der Waals surface area (Å²) in [4.78, 5) is 11.9. The van der Waals surface area contributed by atoms with Crippen LogP contribution in [-0.2, 0) is 20.2 Å². The number of aromatic nitrogens is 1. The Morgan fingerprint density at radius 1 is 1.14 bits per heavy atom. The van der Waals surface area contributed by atoms with E-state index in [1.807, 2.05) is 24.3 Å². The molecule has 2 rings (SSSR count). The van der Waals surface area contributed by atoms with Crippen molar-refractivity contribution in [2.75, 3.05) is 19.7 Å². The highest BCUT2D eigenvalue weighted by atomic mass is 32.2. The van der Waals surface area contributed by atoms with Gasteiger partial charge in [-0.1, -0.05) is 38.1 Å². The van der Waals surface area contributed by atoms with Crippen molar-refractivity contribution in [1.82, 2.24) is 15.2 Å². The number of amides is 1. The maximum Gasteiger partial charge on any atom is 0.245 e. The maximum absolute atomic E-state index is 12.3. The van der Waals surface area contributed by atoms with Gasteiger partial charge in [0.25, 0.3) is 0 Å². The van der Waals surface area contributed by atoms with E-state index in [-0.39, 0.29) is 40.6 Å². The van der Waals surface area contributed by atoms with Crippen molar-refractivity contribution in [2.45, 2.75) is 51.3 Å². The summed E-state index contributed by atoms with van der Waals surface area (Å²) in [5.41, 5.74) is 1.59. The molecule has 1 heterocycles. The van der Waals surface area contributed by atoms with Gasteiger partial charge in [0, 0.05) is 13.0 Å². The van der Waals surface area contributed by atoms with Gasteiger partial charge < -0.3 is 14.6 Å². The Balaban J connectivity index is 1.69. The SMILES string of the molecule is Cc1noc(C)c1S(=O)(=O)NCCC(=O)NCCOc1ccc(C(C)(C)C)cc1. The van der Waals surface area contributed by atoms with E-state index in [4.69, 9.17) is 9.26 Å². The smallest absolute Gasteiger partial charge is 0.245 e. The summed E-state index contributed by atoms with van der Waals surface area (Å²) >= 11 is 0. The van der Waals surface area contributed by atoms with Crippen LogP contribution in [0, 0.1) is 13.8 Å². The number of hydrogen-bond donors (Lipinski definition) is 2. The van der Waals surface area contributed by atoms with Crippen LogP contribution in [0.5, 0.6) is 5.75 Å². The minimum absolute atomic E-state index is 0.0168. The lowest BCUT2D eigenvalue weighted by Gasteiger charge is -2.19. The first kappa shape index (κ1) is 22.9. The number of hydrogen-bond acceptors (Lipinski definition) is 6. The second-order valence-electron chi connectivity index (χ2n) is 7.77. The standard InChI is InChI=1S/C20H29N3O5S/c1-14-19(15(2)28-23-14)29(25,26)22-11-10-18(24)21-12-13-27-17-8-6-16(7-9-17)20(3,4)5/h6-9,22H,10-13H2,1-5H3,(H,21,24). The zero-order valence-electron chi connectivity index (χ0n) is 17.5. The normalized spacial score (nSPS) is 12.0. The maximum atomic E-state index is 12.3. The molecule has 0 aliphatic carbocycles. The third-order valence-corrected chi connectivity index (χ3v) is 6.00. The highest BCUT2D eigenvalue weighted by Gasteiger charge is 2.23. The third-order valence-electron chi connectivity index (χ3n) is 4.29. The van der Waals surface area contributed by atoms with E-state index < -0.39 is 10.0 Å². The largest absolute Gasteiger partial charge is 0.492 e. The molecule has 0 atom stereocenters. The van der Waals surface area contributed by atoms with Crippen molar-refractivity contribution in [3.63, 3.8) is 0 Å². The Bertz CT molecular complexity index is 909. The first-order valence-electron chi connectivity index (χ1n) is 9.43. The van der Waals surface area contributed by atoms with Crippen LogP contribution in [0.1, 0.15) is 44.2 Å². The van der Waals surface area contributed by atoms with Gasteiger partial charge >= 0.3 is 0 Å². The Labute approximate surface area is 172 Å². The molecule has 2 aromatic rings. The van der Waals surface area contributed by atoms with Gasteiger partial charge in [0.15, 0.2) is 5.76 Å². The van der Waals surface area contributed by atoms with Crippen molar-refractivity contribution >= 4 is 15.9 Å². The van der Waals surface area contributed by atoms with Crippen molar-refractivity contribution in [3.8, 4) is 5.75 Å². The molecule has 0 aliphatic heterocycles. The molecule has 0 saturated heterocycles. The van der Waals surface area contributed by atoms with Crippen molar-refractivity contribution in [1.29, 1.82) is 0 Å². The summed E-state index contributed by atoms with van der Waals surface area (Å²) in [6.45, 7) is 10.1. The third kappa shape index (κ3) is 6.57. The van der Waals surface area contributed by atoms with E-state index in [0.717, 1.165) is 5.75 Å². The molecule has 2 N–H and O–H groups in total. The zero-order valence-corrected chi connectivity index (χ0v) is 18.4. The number of carbonyl (C=O) groups excluding carboxylic acids is 1. The van der Waals surface area contributed by atoms with Crippen molar-refractivity contribution in [2.24, 2.45) is 0 Å². The second kappa shape index (κ2) is 9.41. The number of benzene rings is 1. The van der Waals surface area contributed by atoms with E-state index >= 15 is 0 Å². The van der Waals surface area contributed by atoms with Crippen LogP contribution in [0.3, 0.4) is 0 Å². The molecular formula is C20H29N3O5S. The Morgan fingerprint density at radius 3 is 2.34 bits per heavy atom. The summed E-state index contributed by atoms with van der Waals surface area (Å²) in [5, 5.41) is 6.33. The molecular weight excluding hydrogens is 394 g/mol. The lowest BCUT2D eigenvalue weighted by molar-refractivity contribution is -0.121. The van der Waals surface area contributed by atoms with Gasteiger partial charge in [0.05, 0.1) is 6.54 Å². The van der Waals surface area contributed by atoms with Crippen LogP contribution < -0.4 is 14.8 Å². The van der Waals surface area contributed by atoms with E-state index in [2.05, 4.69) is 36.0 Å². The average Bonchev–Trinajstić information content (AvgIpc) is 2.97. The van der Waals surface area contributed by atoms with Gasteiger partial charge in [-0.05, 0) is 37.0 Å². The molecule has 0 spiro atoms. The number of ether oxygens (including phenoxy) is 1. The quantitative estimate of drug-likeness (QED) is 0.600. The molecule has 0 bridgehead atoms. The average molecular weight is 424 g/mol. The molecule has 0 saturated carbocycles. The van der Waals surface area contributed by atoms with E-state index in [1.54, 1.807) is 6.92 Å². The predicted octanol–water partition coefficient (Wildman–Crippen LogP) is 2.45. The number of aryl methyl sites for hydroxylation is 2. The fourth-order valence-electron chi connectivity index (χ4n) is 2.73. The van der Waals surface area contributed by atoms with E-state index in [9.17, 15) is 13.2 Å². The molecule has 160 valence electrons. The van der Waals surface area contributed by atoms with Gasteiger partial charge in [-0.2, -0.15) is 0 Å². The summed E-state index contributed by atoms with van der Waals surface area (Å²) in [6, 6.07) is 7.87. The fraction of sp³-hybridized carbons (Fsp3) is 0.500. The molecule has 29 heavy (non-hydrogen) atoms. The lowest BCUT2D eigenvalue weighted by Crippen LogP contribution is -2.33. The Morgan fingerprint density at radius 2 is 1.79 bits per heavy atom. The first-order chi connectivity index (χ1) is 13.5. The monoisotopic (exact) mass is 423 g/mol. The summed E-state index contributed by atoms with van der Waals surface area (Å²) in [6.07, 6.45) is 0.0168. The zero-order chi connectivity index (χ0) is 21.7. The molecule has 9 heteroatoms. The van der Waals surface area contributed by atoms with E-state index in [0.29, 0.717) is 13.2 Å². The fourth-order valence-corrected chi connectivity index (χ4v) is 4.09. The summed E-state index contributed by atoms with van der Waals surface area (Å²) in [5.74, 6) is 0.685. The van der Waals surface area contributed by atoms with Gasteiger partial charge in [0.1, 0.15) is 22.9 Å². The molecule has 0 aliphatic rings. The lowest BCUT2D eigenvalue weighted by atomic mass is 9.87. The van der Waals surface area contributed by atoms with Crippen LogP contribution in [-0.4, -0.2) is 39.2 Å². The van der Waals surface area contributed by atoms with Crippen LogP contribution in [0.4, 0.5) is 0 Å². The predicted molar refractivity (Wildman–Crippen MR) is 109 cm³/mol. The van der Waals surface area contributed by atoms with Gasteiger partial charge in [0.2, 0.25) is 15.9 Å². The minimum Gasteiger partial charge on any atom is -0.492 e. The van der Waals surface area contributed by atoms with Crippen LogP contribution in [0.2, 0.25) is 0 Å². The van der Waals surface area contributed by atoms with Gasteiger partial charge in [-0.15, -0.1) is 0 Å². The topological polar surface area (TPSA) is 111 Å². The summed E-state index contributed by atoms with van der Waals surface area (Å²) < 4.78 is 37.4. The van der Waals surface area contributed by atoms with Crippen LogP contribution >= 0.6 is 0 Å². The number of rotatable bonds is 9. The number of nitrogens with zero attached hydrogens (tertiary/aromatic N) is 1. The number of carbonyl (C=O) groups is 1. The second-order valence-corrected chi connectivity index (χ2v) is 9.48. The van der Waals surface area contributed by atoms with Crippen molar-refractivity contribution < 1.29 is 22.5 Å². The van der Waals surface area contributed by atoms with Gasteiger partial charge in [-0.3, -0.25) is 4.79 Å². The van der Waals surface area contributed by atoms with Crippen LogP contribution in [0.25, 0.3) is 0 Å². The summed E-state index contributed by atoms with van der Waals surface area (Å²) in [7, 11) is -3.76. The molecule has 0 unspecified atom stereocenters. The molecule has 8 nitrogen and oxygen atoms in total. The molecule has 0 radical (unpaired) electrons. The number of nitrogens with one attached hydrogen (secondary N) is 2. The first-order valence-corrected chi connectivity index (χ1v) is 10.9. The van der Waals surface area contributed by atoms with Gasteiger partial charge in [-0.25, -0.2) is 13.1 Å². The highest BCUT2D eigenvalue weighted by molar-refractivity contribution is 7.89. The molecule has 1 aromatic carbocycles. The Kier molecular flexibility index (Phi) is 7.43.